The Balaban J connectivity index is 1.41. The standard InChI is InChI=1S/C24H31N5O3/c1-16-23(19-14-21(31-3)22(32-4)15-20(19)25-16)17(2)28-10-12-29(13-11-28)27-24(30)26-18-8-6-5-7-9-18/h5-9,14-15,17,25H,10-13H2,1-4H3,(H2,26,27,30). The number of methoxy groups -OCH3 is 2. The Morgan fingerprint density at radius 2 is 1.69 bits per heavy atom. The number of amides is 2. The zero-order chi connectivity index (χ0) is 22.7. The molecule has 1 aliphatic rings. The molecule has 0 saturated carbocycles. The molecule has 1 aromatic heterocycles. The van der Waals surface area contributed by atoms with Crippen LogP contribution in [-0.2, 0) is 0 Å². The largest absolute Gasteiger partial charge is 0.493 e. The van der Waals surface area contributed by atoms with E-state index in [1.54, 1.807) is 14.2 Å². The van der Waals surface area contributed by atoms with Crippen molar-refractivity contribution in [2.24, 2.45) is 0 Å². The molecule has 3 N–H and O–H groups in total. The van der Waals surface area contributed by atoms with E-state index in [0.717, 1.165) is 54.2 Å². The topological polar surface area (TPSA) is 81.9 Å². The number of ether oxygens (including phenoxy) is 2. The number of para-hydroxylation sites is 1. The highest BCUT2D eigenvalue weighted by Gasteiger charge is 2.26. The van der Waals surface area contributed by atoms with E-state index < -0.39 is 0 Å². The Morgan fingerprint density at radius 3 is 2.34 bits per heavy atom. The molecule has 1 aliphatic heterocycles. The molecular weight excluding hydrogens is 406 g/mol. The molecule has 8 nitrogen and oxygen atoms in total. The molecule has 2 amide bonds. The van der Waals surface area contributed by atoms with Gasteiger partial charge in [0.25, 0.3) is 0 Å². The van der Waals surface area contributed by atoms with E-state index in [4.69, 9.17) is 9.47 Å². The number of fused-ring (bicyclic) bond motifs is 1. The minimum absolute atomic E-state index is 0.216. The van der Waals surface area contributed by atoms with Gasteiger partial charge in [0, 0.05) is 60.6 Å². The third-order valence-corrected chi connectivity index (χ3v) is 6.11. The van der Waals surface area contributed by atoms with Crippen molar-refractivity contribution in [2.45, 2.75) is 19.9 Å². The van der Waals surface area contributed by atoms with Gasteiger partial charge in [-0.15, -0.1) is 0 Å². The molecule has 8 heteroatoms. The Bertz CT molecular complexity index is 1070. The first-order chi connectivity index (χ1) is 15.5. The quantitative estimate of drug-likeness (QED) is 0.545. The summed E-state index contributed by atoms with van der Waals surface area (Å²) in [5.74, 6) is 1.44. The first-order valence-electron chi connectivity index (χ1n) is 10.9. The fraction of sp³-hybridized carbons (Fsp3) is 0.375. The molecular formula is C24H31N5O3. The molecule has 1 atom stereocenters. The molecule has 0 aliphatic carbocycles. The number of urea groups is 1. The first-order valence-corrected chi connectivity index (χ1v) is 10.9. The lowest BCUT2D eigenvalue weighted by atomic mass is 10.0. The smallest absolute Gasteiger partial charge is 0.333 e. The number of carbonyl (C=O) groups excluding carboxylic acids is 1. The highest BCUT2D eigenvalue weighted by molar-refractivity contribution is 5.89. The summed E-state index contributed by atoms with van der Waals surface area (Å²) in [7, 11) is 3.31. The van der Waals surface area contributed by atoms with Crippen LogP contribution in [0.1, 0.15) is 24.2 Å². The zero-order valence-electron chi connectivity index (χ0n) is 19.1. The number of nitrogens with one attached hydrogen (secondary N) is 3. The van der Waals surface area contributed by atoms with Gasteiger partial charge in [-0.25, -0.2) is 9.80 Å². The number of piperazine rings is 1. The number of aromatic amines is 1. The van der Waals surface area contributed by atoms with Crippen LogP contribution < -0.4 is 20.2 Å². The summed E-state index contributed by atoms with van der Waals surface area (Å²) >= 11 is 0. The van der Waals surface area contributed by atoms with Gasteiger partial charge in [0.05, 0.1) is 14.2 Å². The van der Waals surface area contributed by atoms with E-state index in [-0.39, 0.29) is 12.1 Å². The van der Waals surface area contributed by atoms with Crippen LogP contribution in [-0.4, -0.2) is 61.3 Å². The summed E-state index contributed by atoms with van der Waals surface area (Å²) < 4.78 is 11.0. The van der Waals surface area contributed by atoms with Crippen molar-refractivity contribution in [1.29, 1.82) is 0 Å². The van der Waals surface area contributed by atoms with Crippen LogP contribution in [0.15, 0.2) is 42.5 Å². The van der Waals surface area contributed by atoms with Gasteiger partial charge in [-0.3, -0.25) is 10.3 Å². The van der Waals surface area contributed by atoms with Gasteiger partial charge in [0.2, 0.25) is 0 Å². The van der Waals surface area contributed by atoms with E-state index in [1.165, 1.54) is 5.56 Å². The fourth-order valence-corrected chi connectivity index (χ4v) is 4.44. The summed E-state index contributed by atoms with van der Waals surface area (Å²) in [6.45, 7) is 7.56. The van der Waals surface area contributed by atoms with Gasteiger partial charge in [-0.05, 0) is 37.6 Å². The summed E-state index contributed by atoms with van der Waals surface area (Å²) in [6, 6.07) is 13.5. The molecule has 4 rings (SSSR count). The maximum Gasteiger partial charge on any atom is 0.333 e. The fourth-order valence-electron chi connectivity index (χ4n) is 4.44. The van der Waals surface area contributed by atoms with Gasteiger partial charge < -0.3 is 19.8 Å². The van der Waals surface area contributed by atoms with Crippen molar-refractivity contribution in [3.8, 4) is 11.5 Å². The van der Waals surface area contributed by atoms with E-state index in [0.29, 0.717) is 5.75 Å². The second-order valence-electron chi connectivity index (χ2n) is 8.05. The van der Waals surface area contributed by atoms with Crippen LogP contribution in [0.5, 0.6) is 11.5 Å². The van der Waals surface area contributed by atoms with Gasteiger partial charge in [0.15, 0.2) is 11.5 Å². The minimum atomic E-state index is -0.216. The van der Waals surface area contributed by atoms with E-state index >= 15 is 0 Å². The monoisotopic (exact) mass is 437 g/mol. The molecule has 0 bridgehead atoms. The van der Waals surface area contributed by atoms with Crippen LogP contribution >= 0.6 is 0 Å². The Hall–Kier alpha value is -3.23. The normalized spacial score (nSPS) is 16.0. The molecule has 0 spiro atoms. The van der Waals surface area contributed by atoms with E-state index in [2.05, 4.69) is 40.5 Å². The Labute approximate surface area is 188 Å². The molecule has 1 saturated heterocycles. The van der Waals surface area contributed by atoms with Crippen molar-refractivity contribution >= 4 is 22.6 Å². The maximum absolute atomic E-state index is 12.3. The molecule has 1 unspecified atom stereocenters. The number of hydrogen-bond acceptors (Lipinski definition) is 5. The number of rotatable bonds is 6. The lowest BCUT2D eigenvalue weighted by Crippen LogP contribution is -2.54. The van der Waals surface area contributed by atoms with E-state index in [9.17, 15) is 4.79 Å². The number of carbonyl (C=O) groups is 1. The van der Waals surface area contributed by atoms with Crippen molar-refractivity contribution in [3.63, 3.8) is 0 Å². The average molecular weight is 438 g/mol. The van der Waals surface area contributed by atoms with E-state index in [1.807, 2.05) is 41.4 Å². The maximum atomic E-state index is 12.3. The first kappa shape index (κ1) is 22.0. The van der Waals surface area contributed by atoms with Crippen molar-refractivity contribution in [2.75, 3.05) is 45.7 Å². The highest BCUT2D eigenvalue weighted by Crippen LogP contribution is 2.38. The van der Waals surface area contributed by atoms with Crippen LogP contribution in [0.3, 0.4) is 0 Å². The average Bonchev–Trinajstić information content (AvgIpc) is 3.13. The number of H-pyrrole nitrogens is 1. The third kappa shape index (κ3) is 4.51. The molecule has 2 aromatic carbocycles. The predicted octanol–water partition coefficient (Wildman–Crippen LogP) is 3.91. The summed E-state index contributed by atoms with van der Waals surface area (Å²) in [5.41, 5.74) is 7.18. The number of hydrazine groups is 1. The number of benzene rings is 2. The number of aryl methyl sites for hydroxylation is 1. The van der Waals surface area contributed by atoms with Gasteiger partial charge in [0.1, 0.15) is 0 Å². The third-order valence-electron chi connectivity index (χ3n) is 6.11. The molecule has 1 fully saturated rings. The van der Waals surface area contributed by atoms with Gasteiger partial charge in [-0.2, -0.15) is 0 Å². The summed E-state index contributed by atoms with van der Waals surface area (Å²) in [6.07, 6.45) is 0. The molecule has 3 aromatic rings. The number of anilines is 1. The number of nitrogens with zero attached hydrogens (tertiary/aromatic N) is 2. The van der Waals surface area contributed by atoms with Crippen LogP contribution in [0.2, 0.25) is 0 Å². The van der Waals surface area contributed by atoms with Crippen molar-refractivity contribution in [1.82, 2.24) is 20.3 Å². The highest BCUT2D eigenvalue weighted by atomic mass is 16.5. The molecule has 0 radical (unpaired) electrons. The predicted molar refractivity (Wildman–Crippen MR) is 126 cm³/mol. The molecule has 32 heavy (non-hydrogen) atoms. The summed E-state index contributed by atoms with van der Waals surface area (Å²) in [4.78, 5) is 18.2. The SMILES string of the molecule is COc1cc2[nH]c(C)c(C(C)N3CCN(NC(=O)Nc4ccccc4)CC3)c2cc1OC. The Kier molecular flexibility index (Phi) is 6.53. The Morgan fingerprint density at radius 1 is 1.03 bits per heavy atom. The number of aromatic nitrogens is 1. The molecule has 2 heterocycles. The lowest BCUT2D eigenvalue weighted by Gasteiger charge is -2.38. The van der Waals surface area contributed by atoms with Crippen molar-refractivity contribution < 1.29 is 14.3 Å². The minimum Gasteiger partial charge on any atom is -0.493 e. The zero-order valence-corrected chi connectivity index (χ0v) is 19.1. The van der Waals surface area contributed by atoms with Crippen LogP contribution in [0.25, 0.3) is 10.9 Å². The second kappa shape index (κ2) is 9.50. The van der Waals surface area contributed by atoms with Crippen LogP contribution in [0, 0.1) is 6.92 Å². The van der Waals surface area contributed by atoms with Gasteiger partial charge >= 0.3 is 6.03 Å². The van der Waals surface area contributed by atoms with Crippen LogP contribution in [0.4, 0.5) is 10.5 Å². The van der Waals surface area contributed by atoms with Gasteiger partial charge in [-0.1, -0.05) is 18.2 Å². The number of hydrogen-bond donors (Lipinski definition) is 3. The summed E-state index contributed by atoms with van der Waals surface area (Å²) in [5, 5.41) is 5.98. The van der Waals surface area contributed by atoms with Crippen molar-refractivity contribution in [3.05, 3.63) is 53.7 Å². The second-order valence-corrected chi connectivity index (χ2v) is 8.05. The lowest BCUT2D eigenvalue weighted by molar-refractivity contribution is 0.0784. The molecule has 170 valence electrons.